The van der Waals surface area contributed by atoms with Gasteiger partial charge in [0.25, 0.3) is 0 Å². The van der Waals surface area contributed by atoms with E-state index >= 15 is 0 Å². The molecule has 2 aromatic carbocycles. The van der Waals surface area contributed by atoms with Gasteiger partial charge in [-0.05, 0) is 42.8 Å². The fourth-order valence-electron chi connectivity index (χ4n) is 2.10. The molecule has 0 radical (unpaired) electrons. The van der Waals surface area contributed by atoms with Crippen LogP contribution in [0.15, 0.2) is 42.5 Å². The molecule has 4 heteroatoms. The lowest BCUT2D eigenvalue weighted by molar-refractivity contribution is 0.447. The molecule has 4 nitrogen and oxygen atoms in total. The van der Waals surface area contributed by atoms with Crippen LogP contribution < -0.4 is 4.74 Å². The van der Waals surface area contributed by atoms with E-state index in [0.717, 1.165) is 5.56 Å². The molecule has 0 amide bonds. The maximum absolute atomic E-state index is 9.48. The van der Waals surface area contributed by atoms with Crippen molar-refractivity contribution < 1.29 is 20.1 Å². The summed E-state index contributed by atoms with van der Waals surface area (Å²) >= 11 is 0. The number of fused-ring (bicyclic) bond motifs is 1. The van der Waals surface area contributed by atoms with E-state index in [4.69, 9.17) is 4.74 Å². The number of aromatic hydroxyl groups is 3. The third kappa shape index (κ3) is 2.20. The average Bonchev–Trinajstić information content (AvgIpc) is 2.37. The van der Waals surface area contributed by atoms with Gasteiger partial charge in [-0.3, -0.25) is 0 Å². The summed E-state index contributed by atoms with van der Waals surface area (Å²) in [4.78, 5) is 0. The zero-order chi connectivity index (χ0) is 13.4. The summed E-state index contributed by atoms with van der Waals surface area (Å²) in [5.41, 5.74) is 1.50. The minimum Gasteiger partial charge on any atom is -0.508 e. The van der Waals surface area contributed by atoms with Crippen LogP contribution in [-0.4, -0.2) is 15.3 Å². The van der Waals surface area contributed by atoms with Crippen molar-refractivity contribution in [3.05, 3.63) is 53.6 Å². The SMILES string of the molecule is Oc1cc(O)cc(C2=CCc3cc(O)ccc3O2)c1. The largest absolute Gasteiger partial charge is 0.508 e. The molecule has 96 valence electrons. The lowest BCUT2D eigenvalue weighted by Crippen LogP contribution is -2.03. The Bertz CT molecular complexity index is 654. The molecule has 0 bridgehead atoms. The molecule has 0 spiro atoms. The topological polar surface area (TPSA) is 69.9 Å². The van der Waals surface area contributed by atoms with Gasteiger partial charge in [0.05, 0.1) is 0 Å². The van der Waals surface area contributed by atoms with Crippen molar-refractivity contribution in [1.82, 2.24) is 0 Å². The second-order valence-electron chi connectivity index (χ2n) is 4.40. The third-order valence-electron chi connectivity index (χ3n) is 2.96. The van der Waals surface area contributed by atoms with E-state index in [2.05, 4.69) is 0 Å². The van der Waals surface area contributed by atoms with E-state index in [1.807, 2.05) is 6.08 Å². The number of benzene rings is 2. The Balaban J connectivity index is 1.97. The third-order valence-corrected chi connectivity index (χ3v) is 2.96. The fourth-order valence-corrected chi connectivity index (χ4v) is 2.10. The van der Waals surface area contributed by atoms with Crippen molar-refractivity contribution in [2.24, 2.45) is 0 Å². The van der Waals surface area contributed by atoms with Gasteiger partial charge in [0, 0.05) is 17.2 Å². The molecule has 1 aliphatic heterocycles. The van der Waals surface area contributed by atoms with E-state index < -0.39 is 0 Å². The molecule has 0 unspecified atom stereocenters. The van der Waals surface area contributed by atoms with Gasteiger partial charge in [0.2, 0.25) is 0 Å². The molecular weight excluding hydrogens is 244 g/mol. The van der Waals surface area contributed by atoms with Crippen LogP contribution in [0.3, 0.4) is 0 Å². The highest BCUT2D eigenvalue weighted by Gasteiger charge is 2.15. The molecule has 3 N–H and O–H groups in total. The summed E-state index contributed by atoms with van der Waals surface area (Å²) in [6.45, 7) is 0. The van der Waals surface area contributed by atoms with E-state index in [-0.39, 0.29) is 17.2 Å². The summed E-state index contributed by atoms with van der Waals surface area (Å²) in [6, 6.07) is 9.22. The quantitative estimate of drug-likeness (QED) is 0.733. The molecule has 0 aliphatic carbocycles. The maximum atomic E-state index is 9.48. The number of allylic oxidation sites excluding steroid dienone is 1. The van der Waals surface area contributed by atoms with Crippen LogP contribution in [0, 0.1) is 0 Å². The van der Waals surface area contributed by atoms with Crippen molar-refractivity contribution >= 4 is 5.76 Å². The van der Waals surface area contributed by atoms with Crippen LogP contribution in [-0.2, 0) is 6.42 Å². The smallest absolute Gasteiger partial charge is 0.131 e. The Kier molecular flexibility index (Phi) is 2.56. The van der Waals surface area contributed by atoms with Crippen LogP contribution >= 0.6 is 0 Å². The van der Waals surface area contributed by atoms with E-state index in [1.165, 1.54) is 18.2 Å². The van der Waals surface area contributed by atoms with Crippen molar-refractivity contribution in [2.45, 2.75) is 6.42 Å². The summed E-state index contributed by atoms with van der Waals surface area (Å²) in [6.07, 6.45) is 2.46. The van der Waals surface area contributed by atoms with Gasteiger partial charge >= 0.3 is 0 Å². The standard InChI is InChI=1S/C15H12O4/c16-11-2-4-14-9(5-11)1-3-15(19-14)10-6-12(17)8-13(18)7-10/h2-8,16-18H,1H2. The molecule has 0 fully saturated rings. The predicted octanol–water partition coefficient (Wildman–Crippen LogP) is 2.78. The zero-order valence-corrected chi connectivity index (χ0v) is 10.00. The molecule has 0 atom stereocenters. The van der Waals surface area contributed by atoms with Gasteiger partial charge in [0.1, 0.15) is 28.8 Å². The average molecular weight is 256 g/mol. The van der Waals surface area contributed by atoms with Crippen LogP contribution in [0.1, 0.15) is 11.1 Å². The molecule has 2 aromatic rings. The zero-order valence-electron chi connectivity index (χ0n) is 10.00. The van der Waals surface area contributed by atoms with Crippen LogP contribution in [0.2, 0.25) is 0 Å². The highest BCUT2D eigenvalue weighted by atomic mass is 16.5. The predicted molar refractivity (Wildman–Crippen MR) is 70.2 cm³/mol. The molecule has 0 aromatic heterocycles. The molecule has 0 saturated carbocycles. The Labute approximate surface area is 109 Å². The molecule has 3 rings (SSSR count). The highest BCUT2D eigenvalue weighted by Crippen LogP contribution is 2.34. The summed E-state index contributed by atoms with van der Waals surface area (Å²) in [5.74, 6) is 1.41. The Morgan fingerprint density at radius 1 is 0.842 bits per heavy atom. The van der Waals surface area contributed by atoms with Gasteiger partial charge < -0.3 is 20.1 Å². The van der Waals surface area contributed by atoms with Gasteiger partial charge in [0.15, 0.2) is 0 Å². The Morgan fingerprint density at radius 2 is 1.58 bits per heavy atom. The first-order valence-corrected chi connectivity index (χ1v) is 5.85. The maximum Gasteiger partial charge on any atom is 0.131 e. The highest BCUT2D eigenvalue weighted by molar-refractivity contribution is 5.67. The van der Waals surface area contributed by atoms with Crippen molar-refractivity contribution in [3.63, 3.8) is 0 Å². The van der Waals surface area contributed by atoms with Crippen molar-refractivity contribution in [2.75, 3.05) is 0 Å². The number of rotatable bonds is 1. The number of phenolic OH excluding ortho intramolecular Hbond substituents is 3. The van der Waals surface area contributed by atoms with Crippen molar-refractivity contribution in [1.29, 1.82) is 0 Å². The first-order chi connectivity index (χ1) is 9.11. The van der Waals surface area contributed by atoms with Gasteiger partial charge in [-0.15, -0.1) is 0 Å². The number of phenols is 3. The summed E-state index contributed by atoms with van der Waals surface area (Å²) < 4.78 is 5.71. The molecule has 19 heavy (non-hydrogen) atoms. The number of hydrogen-bond donors (Lipinski definition) is 3. The molecule has 1 heterocycles. The van der Waals surface area contributed by atoms with Crippen LogP contribution in [0.5, 0.6) is 23.0 Å². The summed E-state index contributed by atoms with van der Waals surface area (Å²) in [5, 5.41) is 28.4. The monoisotopic (exact) mass is 256 g/mol. The van der Waals surface area contributed by atoms with Gasteiger partial charge in [-0.25, -0.2) is 0 Å². The fraction of sp³-hybridized carbons (Fsp3) is 0.0667. The Hall–Kier alpha value is -2.62. The normalized spacial score (nSPS) is 13.4. The first-order valence-electron chi connectivity index (χ1n) is 5.85. The number of hydrogen-bond acceptors (Lipinski definition) is 4. The molecule has 1 aliphatic rings. The van der Waals surface area contributed by atoms with E-state index in [1.54, 1.807) is 18.2 Å². The lowest BCUT2D eigenvalue weighted by atomic mass is 10.0. The van der Waals surface area contributed by atoms with E-state index in [0.29, 0.717) is 23.5 Å². The number of ether oxygens (including phenoxy) is 1. The second kappa shape index (κ2) is 4.24. The molecule has 0 saturated heterocycles. The minimum atomic E-state index is -0.0176. The van der Waals surface area contributed by atoms with Crippen LogP contribution in [0.25, 0.3) is 5.76 Å². The van der Waals surface area contributed by atoms with Gasteiger partial charge in [-0.2, -0.15) is 0 Å². The van der Waals surface area contributed by atoms with Crippen LogP contribution in [0.4, 0.5) is 0 Å². The van der Waals surface area contributed by atoms with Crippen molar-refractivity contribution in [3.8, 4) is 23.0 Å². The second-order valence-corrected chi connectivity index (χ2v) is 4.40. The van der Waals surface area contributed by atoms with Gasteiger partial charge in [-0.1, -0.05) is 0 Å². The first kappa shape index (κ1) is 11.5. The Morgan fingerprint density at radius 3 is 2.32 bits per heavy atom. The molecular formula is C15H12O4. The van der Waals surface area contributed by atoms with E-state index in [9.17, 15) is 15.3 Å². The minimum absolute atomic E-state index is 0.0176. The summed E-state index contributed by atoms with van der Waals surface area (Å²) in [7, 11) is 0. The lowest BCUT2D eigenvalue weighted by Gasteiger charge is -2.18.